The van der Waals surface area contributed by atoms with Crippen LogP contribution in [0.1, 0.15) is 28.8 Å². The van der Waals surface area contributed by atoms with Crippen LogP contribution in [-0.2, 0) is 4.74 Å². The number of carbonyl (C=O) groups excluding carboxylic acids is 1. The first-order valence-electron chi connectivity index (χ1n) is 5.30. The highest BCUT2D eigenvalue weighted by Crippen LogP contribution is 2.21. The molecule has 0 fully saturated rings. The predicted molar refractivity (Wildman–Crippen MR) is 63.8 cm³/mol. The number of hydrogen-bond donors (Lipinski definition) is 0. The van der Waals surface area contributed by atoms with Crippen LogP contribution in [0, 0.1) is 6.92 Å². The van der Waals surface area contributed by atoms with E-state index < -0.39 is 0 Å². The number of allylic oxidation sites excluding steroid dienone is 1. The lowest BCUT2D eigenvalue weighted by molar-refractivity contribution is 0.101. The van der Waals surface area contributed by atoms with Crippen LogP contribution < -0.4 is 0 Å². The fourth-order valence-electron chi connectivity index (χ4n) is 1.79. The molecule has 0 radical (unpaired) electrons. The van der Waals surface area contributed by atoms with Crippen molar-refractivity contribution in [3.05, 3.63) is 46.2 Å². The Bertz CT molecular complexity index is 449. The Hall–Kier alpha value is -1.28. The van der Waals surface area contributed by atoms with Gasteiger partial charge >= 0.3 is 0 Å². The van der Waals surface area contributed by atoms with Gasteiger partial charge in [-0.1, -0.05) is 11.6 Å². The minimum atomic E-state index is 0.0499. The number of Topliss-reactive ketones (excluding diaryl/α,β-unsaturated/α-hetero) is 1. The van der Waals surface area contributed by atoms with Crippen molar-refractivity contribution in [3.8, 4) is 0 Å². The third-order valence-electron chi connectivity index (χ3n) is 2.66. The van der Waals surface area contributed by atoms with Gasteiger partial charge in [0.05, 0.1) is 12.9 Å². The van der Waals surface area contributed by atoms with Crippen molar-refractivity contribution in [2.45, 2.75) is 19.8 Å². The summed E-state index contributed by atoms with van der Waals surface area (Å²) in [5, 5.41) is 0.655. The van der Waals surface area contributed by atoms with Crippen LogP contribution in [0.15, 0.2) is 30.0 Å². The van der Waals surface area contributed by atoms with Crippen molar-refractivity contribution in [1.82, 2.24) is 0 Å². The molecule has 0 saturated heterocycles. The van der Waals surface area contributed by atoms with Crippen LogP contribution >= 0.6 is 11.6 Å². The molecule has 1 heterocycles. The first-order valence-corrected chi connectivity index (χ1v) is 5.68. The Morgan fingerprint density at radius 1 is 1.44 bits per heavy atom. The molecule has 0 saturated carbocycles. The average Bonchev–Trinajstić information content (AvgIpc) is 2.29. The van der Waals surface area contributed by atoms with Gasteiger partial charge < -0.3 is 4.74 Å². The summed E-state index contributed by atoms with van der Waals surface area (Å²) in [6.45, 7) is 2.60. The average molecular weight is 237 g/mol. The molecule has 1 aliphatic rings. The van der Waals surface area contributed by atoms with Gasteiger partial charge in [0.15, 0.2) is 5.78 Å². The van der Waals surface area contributed by atoms with Crippen LogP contribution in [0.4, 0.5) is 0 Å². The summed E-state index contributed by atoms with van der Waals surface area (Å²) in [5.74, 6) is 0.0499. The zero-order chi connectivity index (χ0) is 11.5. The Kier molecular flexibility index (Phi) is 3.30. The second kappa shape index (κ2) is 4.71. The molecule has 0 spiro atoms. The molecule has 0 amide bonds. The Morgan fingerprint density at radius 3 is 2.88 bits per heavy atom. The molecule has 0 atom stereocenters. The molecule has 0 aliphatic carbocycles. The molecule has 3 heteroatoms. The highest BCUT2D eigenvalue weighted by molar-refractivity contribution is 6.30. The van der Waals surface area contributed by atoms with Crippen LogP contribution in [0.3, 0.4) is 0 Å². The second-order valence-electron chi connectivity index (χ2n) is 3.91. The molecule has 2 rings (SSSR count). The highest BCUT2D eigenvalue weighted by Gasteiger charge is 2.17. The van der Waals surface area contributed by atoms with E-state index in [0.717, 1.165) is 24.0 Å². The van der Waals surface area contributed by atoms with E-state index in [1.807, 2.05) is 6.92 Å². The molecule has 1 aliphatic heterocycles. The van der Waals surface area contributed by atoms with Gasteiger partial charge in [-0.3, -0.25) is 4.79 Å². The molecule has 16 heavy (non-hydrogen) atoms. The van der Waals surface area contributed by atoms with Crippen molar-refractivity contribution in [1.29, 1.82) is 0 Å². The van der Waals surface area contributed by atoms with Crippen LogP contribution in [0.25, 0.3) is 0 Å². The summed E-state index contributed by atoms with van der Waals surface area (Å²) in [6.07, 6.45) is 3.28. The SMILES string of the molecule is Cc1cc(Cl)ccc1C(=O)C1=COCCC1. The van der Waals surface area contributed by atoms with Gasteiger partial charge in [-0.25, -0.2) is 0 Å². The van der Waals surface area contributed by atoms with Gasteiger partial charge in [-0.05, 0) is 43.5 Å². The van der Waals surface area contributed by atoms with Gasteiger partial charge in [-0.15, -0.1) is 0 Å². The number of ketones is 1. The fourth-order valence-corrected chi connectivity index (χ4v) is 2.01. The maximum absolute atomic E-state index is 12.1. The highest BCUT2D eigenvalue weighted by atomic mass is 35.5. The number of ether oxygens (including phenoxy) is 1. The molecular formula is C13H13ClO2. The lowest BCUT2D eigenvalue weighted by atomic mass is 9.96. The third kappa shape index (κ3) is 2.27. The molecule has 1 aromatic carbocycles. The maximum Gasteiger partial charge on any atom is 0.192 e. The monoisotopic (exact) mass is 236 g/mol. The molecule has 0 N–H and O–H groups in total. The minimum absolute atomic E-state index is 0.0499. The van der Waals surface area contributed by atoms with Crippen molar-refractivity contribution >= 4 is 17.4 Å². The largest absolute Gasteiger partial charge is 0.501 e. The molecule has 0 unspecified atom stereocenters. The first-order chi connectivity index (χ1) is 7.68. The summed E-state index contributed by atoms with van der Waals surface area (Å²) in [5.41, 5.74) is 2.36. The number of halogens is 1. The first kappa shape index (κ1) is 11.2. The number of benzene rings is 1. The van der Waals surface area contributed by atoms with Crippen LogP contribution in [-0.4, -0.2) is 12.4 Å². The molecule has 0 aromatic heterocycles. The van der Waals surface area contributed by atoms with Crippen LogP contribution in [0.5, 0.6) is 0 Å². The van der Waals surface area contributed by atoms with E-state index in [9.17, 15) is 4.79 Å². The van der Waals surface area contributed by atoms with Crippen molar-refractivity contribution in [3.63, 3.8) is 0 Å². The lowest BCUT2D eigenvalue weighted by Crippen LogP contribution is -2.10. The molecule has 1 aromatic rings. The van der Waals surface area contributed by atoms with Gasteiger partial charge in [-0.2, -0.15) is 0 Å². The molecule has 84 valence electrons. The molecular weight excluding hydrogens is 224 g/mol. The van der Waals surface area contributed by atoms with E-state index in [1.165, 1.54) is 0 Å². The van der Waals surface area contributed by atoms with E-state index in [1.54, 1.807) is 24.5 Å². The quantitative estimate of drug-likeness (QED) is 0.735. The number of aryl methyl sites for hydroxylation is 1. The van der Waals surface area contributed by atoms with Crippen molar-refractivity contribution in [2.24, 2.45) is 0 Å². The summed E-state index contributed by atoms with van der Waals surface area (Å²) in [4.78, 5) is 12.1. The van der Waals surface area contributed by atoms with Gasteiger partial charge in [0.25, 0.3) is 0 Å². The van der Waals surface area contributed by atoms with Gasteiger partial charge in [0.1, 0.15) is 0 Å². The Balaban J connectivity index is 2.30. The smallest absolute Gasteiger partial charge is 0.192 e. The third-order valence-corrected chi connectivity index (χ3v) is 2.89. The Morgan fingerprint density at radius 2 is 2.25 bits per heavy atom. The van der Waals surface area contributed by atoms with Crippen molar-refractivity contribution < 1.29 is 9.53 Å². The summed E-state index contributed by atoms with van der Waals surface area (Å²) >= 11 is 5.86. The van der Waals surface area contributed by atoms with Crippen LogP contribution in [0.2, 0.25) is 5.02 Å². The normalized spacial score (nSPS) is 15.2. The van der Waals surface area contributed by atoms with E-state index in [-0.39, 0.29) is 5.78 Å². The van der Waals surface area contributed by atoms with Gasteiger partial charge in [0.2, 0.25) is 0 Å². The van der Waals surface area contributed by atoms with E-state index in [2.05, 4.69) is 0 Å². The molecule has 2 nitrogen and oxygen atoms in total. The zero-order valence-corrected chi connectivity index (χ0v) is 9.88. The second-order valence-corrected chi connectivity index (χ2v) is 4.34. The number of hydrogen-bond acceptors (Lipinski definition) is 2. The number of rotatable bonds is 2. The standard InChI is InChI=1S/C13H13ClO2/c1-9-7-11(14)4-5-12(9)13(15)10-3-2-6-16-8-10/h4-5,7-8H,2-3,6H2,1H3. The maximum atomic E-state index is 12.1. The van der Waals surface area contributed by atoms with Gasteiger partial charge in [0, 0.05) is 16.2 Å². The lowest BCUT2D eigenvalue weighted by Gasteiger charge is -2.13. The Labute approximate surface area is 99.9 Å². The van der Waals surface area contributed by atoms with Crippen molar-refractivity contribution in [2.75, 3.05) is 6.61 Å². The summed E-state index contributed by atoms with van der Waals surface area (Å²) < 4.78 is 5.18. The number of carbonyl (C=O) groups is 1. The van der Waals surface area contributed by atoms with E-state index in [0.29, 0.717) is 17.2 Å². The predicted octanol–water partition coefficient (Wildman–Crippen LogP) is 3.53. The topological polar surface area (TPSA) is 26.3 Å². The minimum Gasteiger partial charge on any atom is -0.501 e. The van der Waals surface area contributed by atoms with E-state index in [4.69, 9.17) is 16.3 Å². The fraction of sp³-hybridized carbons (Fsp3) is 0.308. The zero-order valence-electron chi connectivity index (χ0n) is 9.13. The molecule has 0 bridgehead atoms. The summed E-state index contributed by atoms with van der Waals surface area (Å²) in [7, 11) is 0. The van der Waals surface area contributed by atoms with E-state index >= 15 is 0 Å². The summed E-state index contributed by atoms with van der Waals surface area (Å²) in [6, 6.07) is 5.32.